The van der Waals surface area contributed by atoms with Crippen molar-refractivity contribution in [1.29, 1.82) is 0 Å². The van der Waals surface area contributed by atoms with Crippen LogP contribution in [0, 0.1) is 0 Å². The van der Waals surface area contributed by atoms with Gasteiger partial charge in [0.05, 0.1) is 0 Å². The Balaban J connectivity index is 1.95. The van der Waals surface area contributed by atoms with Crippen LogP contribution in [-0.2, 0) is 0 Å². The molecule has 1 saturated heterocycles. The van der Waals surface area contributed by atoms with E-state index in [1.807, 2.05) is 11.8 Å². The number of hydrogen-bond donors (Lipinski definition) is 0. The fraction of sp³-hybridized carbons (Fsp3) is 0.364. The SMILES string of the molecule is c1cnc2c(n1)sc1c(N3CCSCC3)nnnc12. The van der Waals surface area contributed by atoms with E-state index in [0.29, 0.717) is 0 Å². The Labute approximate surface area is 117 Å². The van der Waals surface area contributed by atoms with Crippen LogP contribution in [-0.4, -0.2) is 50.0 Å². The zero-order valence-corrected chi connectivity index (χ0v) is 11.6. The largest absolute Gasteiger partial charge is 0.352 e. The number of aromatic nitrogens is 5. The number of anilines is 1. The first kappa shape index (κ1) is 11.3. The molecule has 0 aromatic carbocycles. The Morgan fingerprint density at radius 3 is 2.74 bits per heavy atom. The predicted octanol–water partition coefficient (Wildman–Crippen LogP) is 1.58. The molecule has 0 unspecified atom stereocenters. The normalized spacial score (nSPS) is 16.3. The standard InChI is InChI=1S/C11H10N6S2/c1-2-13-11-8(12-1)7-9(19-11)10(15-16-14-7)17-3-5-18-6-4-17/h1-2H,3-6H2. The molecule has 4 rings (SSSR count). The second-order valence-corrected chi connectivity index (χ2v) is 6.43. The van der Waals surface area contributed by atoms with Gasteiger partial charge in [0.15, 0.2) is 5.82 Å². The number of nitrogens with zero attached hydrogens (tertiary/aromatic N) is 6. The van der Waals surface area contributed by atoms with E-state index in [0.717, 1.165) is 51.0 Å². The highest BCUT2D eigenvalue weighted by molar-refractivity contribution is 7.99. The monoisotopic (exact) mass is 290 g/mol. The van der Waals surface area contributed by atoms with Crippen molar-refractivity contribution in [2.24, 2.45) is 0 Å². The Morgan fingerprint density at radius 1 is 1.00 bits per heavy atom. The second-order valence-electron chi connectivity index (χ2n) is 4.20. The first-order chi connectivity index (χ1) is 9.43. The topological polar surface area (TPSA) is 67.7 Å². The fourth-order valence-corrected chi connectivity index (χ4v) is 4.15. The lowest BCUT2D eigenvalue weighted by molar-refractivity contribution is 0.802. The molecule has 8 heteroatoms. The summed E-state index contributed by atoms with van der Waals surface area (Å²) in [4.78, 5) is 11.9. The van der Waals surface area contributed by atoms with Gasteiger partial charge in [-0.25, -0.2) is 9.97 Å². The minimum absolute atomic E-state index is 0.816. The molecule has 3 aromatic rings. The average Bonchev–Trinajstić information content (AvgIpc) is 2.87. The van der Waals surface area contributed by atoms with Gasteiger partial charge in [-0.15, -0.1) is 21.5 Å². The molecule has 6 nitrogen and oxygen atoms in total. The van der Waals surface area contributed by atoms with Crippen molar-refractivity contribution in [2.75, 3.05) is 29.5 Å². The summed E-state index contributed by atoms with van der Waals surface area (Å²) in [6, 6.07) is 0. The van der Waals surface area contributed by atoms with E-state index in [2.05, 4.69) is 30.3 Å². The van der Waals surface area contributed by atoms with E-state index in [4.69, 9.17) is 0 Å². The predicted molar refractivity (Wildman–Crippen MR) is 77.8 cm³/mol. The van der Waals surface area contributed by atoms with Gasteiger partial charge in [-0.05, 0) is 5.21 Å². The third-order valence-electron chi connectivity index (χ3n) is 3.10. The first-order valence-corrected chi connectivity index (χ1v) is 7.96. The summed E-state index contributed by atoms with van der Waals surface area (Å²) in [5.41, 5.74) is 1.64. The maximum Gasteiger partial charge on any atom is 0.172 e. The molecule has 19 heavy (non-hydrogen) atoms. The molecule has 96 valence electrons. The number of fused-ring (bicyclic) bond motifs is 3. The summed E-state index contributed by atoms with van der Waals surface area (Å²) in [6.07, 6.45) is 3.39. The summed E-state index contributed by atoms with van der Waals surface area (Å²) in [5, 5.41) is 12.3. The van der Waals surface area contributed by atoms with E-state index < -0.39 is 0 Å². The molecular weight excluding hydrogens is 280 g/mol. The van der Waals surface area contributed by atoms with Gasteiger partial charge in [0, 0.05) is 37.0 Å². The Kier molecular flexibility index (Phi) is 2.70. The van der Waals surface area contributed by atoms with E-state index in [1.54, 1.807) is 23.7 Å². The molecule has 0 amide bonds. The van der Waals surface area contributed by atoms with Crippen molar-refractivity contribution in [3.8, 4) is 0 Å². The third kappa shape index (κ3) is 1.82. The lowest BCUT2D eigenvalue weighted by Gasteiger charge is -2.26. The maximum absolute atomic E-state index is 4.35. The quantitative estimate of drug-likeness (QED) is 0.674. The summed E-state index contributed by atoms with van der Waals surface area (Å²) in [7, 11) is 0. The number of thioether (sulfide) groups is 1. The van der Waals surface area contributed by atoms with Gasteiger partial charge < -0.3 is 4.90 Å². The Hall–Kier alpha value is -1.54. The molecule has 1 fully saturated rings. The molecule has 4 heterocycles. The lowest BCUT2D eigenvalue weighted by atomic mass is 10.4. The van der Waals surface area contributed by atoms with E-state index in [1.165, 1.54) is 0 Å². The van der Waals surface area contributed by atoms with Crippen LogP contribution in [0.5, 0.6) is 0 Å². The Bertz CT molecular complexity index is 736. The number of thiophene rings is 1. The molecule has 0 spiro atoms. The second kappa shape index (κ2) is 4.53. The molecular formula is C11H10N6S2. The third-order valence-corrected chi connectivity index (χ3v) is 5.12. The van der Waals surface area contributed by atoms with Crippen LogP contribution in [0.15, 0.2) is 12.4 Å². The van der Waals surface area contributed by atoms with Crippen molar-refractivity contribution >= 4 is 49.5 Å². The molecule has 1 aliphatic heterocycles. The van der Waals surface area contributed by atoms with Crippen LogP contribution < -0.4 is 4.90 Å². The highest BCUT2D eigenvalue weighted by Gasteiger charge is 2.20. The summed E-state index contributed by atoms with van der Waals surface area (Å²) in [6.45, 7) is 2.02. The van der Waals surface area contributed by atoms with Crippen LogP contribution in [0.2, 0.25) is 0 Å². The molecule has 0 saturated carbocycles. The molecule has 3 aromatic heterocycles. The highest BCUT2D eigenvalue weighted by atomic mass is 32.2. The molecule has 0 aliphatic carbocycles. The molecule has 1 aliphatic rings. The molecule has 0 bridgehead atoms. The number of rotatable bonds is 1. The minimum atomic E-state index is 0.816. The first-order valence-electron chi connectivity index (χ1n) is 5.99. The van der Waals surface area contributed by atoms with Gasteiger partial charge in [0.25, 0.3) is 0 Å². The van der Waals surface area contributed by atoms with E-state index in [-0.39, 0.29) is 0 Å². The van der Waals surface area contributed by atoms with E-state index in [9.17, 15) is 0 Å². The van der Waals surface area contributed by atoms with Crippen molar-refractivity contribution in [3.63, 3.8) is 0 Å². The zero-order valence-electron chi connectivity index (χ0n) is 9.98. The van der Waals surface area contributed by atoms with Gasteiger partial charge in [0.2, 0.25) is 0 Å². The molecule has 0 N–H and O–H groups in total. The summed E-state index contributed by atoms with van der Waals surface area (Å²) >= 11 is 3.57. The molecule has 0 atom stereocenters. The van der Waals surface area contributed by atoms with Crippen molar-refractivity contribution in [1.82, 2.24) is 25.4 Å². The van der Waals surface area contributed by atoms with Gasteiger partial charge >= 0.3 is 0 Å². The Morgan fingerprint density at radius 2 is 1.84 bits per heavy atom. The highest BCUT2D eigenvalue weighted by Crippen LogP contribution is 2.34. The number of hydrogen-bond acceptors (Lipinski definition) is 8. The maximum atomic E-state index is 4.35. The van der Waals surface area contributed by atoms with Crippen LogP contribution in [0.3, 0.4) is 0 Å². The summed E-state index contributed by atoms with van der Waals surface area (Å²) in [5.74, 6) is 3.19. The van der Waals surface area contributed by atoms with Crippen LogP contribution in [0.4, 0.5) is 5.82 Å². The van der Waals surface area contributed by atoms with Crippen LogP contribution >= 0.6 is 23.1 Å². The lowest BCUT2D eigenvalue weighted by Crippen LogP contribution is -2.33. The smallest absolute Gasteiger partial charge is 0.172 e. The van der Waals surface area contributed by atoms with E-state index >= 15 is 0 Å². The van der Waals surface area contributed by atoms with Gasteiger partial charge in [-0.1, -0.05) is 0 Å². The average molecular weight is 290 g/mol. The molecule has 0 radical (unpaired) electrons. The summed E-state index contributed by atoms with van der Waals surface area (Å²) < 4.78 is 1.04. The van der Waals surface area contributed by atoms with Gasteiger partial charge in [-0.3, -0.25) is 0 Å². The zero-order chi connectivity index (χ0) is 12.7. The fourth-order valence-electron chi connectivity index (χ4n) is 2.20. The van der Waals surface area contributed by atoms with Crippen molar-refractivity contribution in [2.45, 2.75) is 0 Å². The van der Waals surface area contributed by atoms with Crippen molar-refractivity contribution in [3.05, 3.63) is 12.4 Å². The van der Waals surface area contributed by atoms with Crippen molar-refractivity contribution < 1.29 is 0 Å². The van der Waals surface area contributed by atoms with Crippen LogP contribution in [0.1, 0.15) is 0 Å². The van der Waals surface area contributed by atoms with Crippen LogP contribution in [0.25, 0.3) is 20.6 Å². The minimum Gasteiger partial charge on any atom is -0.352 e. The van der Waals surface area contributed by atoms with Gasteiger partial charge in [-0.2, -0.15) is 11.8 Å². The van der Waals surface area contributed by atoms with Gasteiger partial charge in [0.1, 0.15) is 20.6 Å².